The smallest absolute Gasteiger partial charge is 0.226 e. The van der Waals surface area contributed by atoms with Crippen LogP contribution in [0.25, 0.3) is 0 Å². The molecule has 1 unspecified atom stereocenters. The van der Waals surface area contributed by atoms with Crippen molar-refractivity contribution in [3.8, 4) is 11.5 Å². The average Bonchev–Trinajstić information content (AvgIpc) is 3.27. The highest BCUT2D eigenvalue weighted by Gasteiger charge is 2.18. The maximum absolute atomic E-state index is 12.6. The van der Waals surface area contributed by atoms with Gasteiger partial charge in [0, 0.05) is 41.5 Å². The van der Waals surface area contributed by atoms with Gasteiger partial charge in [0.25, 0.3) is 0 Å². The number of carbonyl (C=O) groups is 2. The van der Waals surface area contributed by atoms with E-state index in [0.29, 0.717) is 23.8 Å². The minimum atomic E-state index is -0.373. The van der Waals surface area contributed by atoms with Gasteiger partial charge in [-0.25, -0.2) is 0 Å². The molecule has 0 fully saturated rings. The number of rotatable bonds is 9. The first kappa shape index (κ1) is 21.3. The van der Waals surface area contributed by atoms with E-state index in [1.54, 1.807) is 37.7 Å². The molecular weight excluding hydrogens is 402 g/mol. The maximum Gasteiger partial charge on any atom is 0.226 e. The van der Waals surface area contributed by atoms with Gasteiger partial charge in [-0.1, -0.05) is 12.1 Å². The number of carbonyl (C=O) groups excluding carboxylic acids is 2. The molecule has 3 rings (SSSR count). The lowest BCUT2D eigenvalue weighted by molar-refractivity contribution is -0.120. The van der Waals surface area contributed by atoms with E-state index in [9.17, 15) is 9.59 Å². The Morgan fingerprint density at radius 2 is 2.03 bits per heavy atom. The Bertz CT molecular complexity index is 977. The topological polar surface area (TPSA) is 89.6 Å². The van der Waals surface area contributed by atoms with Gasteiger partial charge in [0.15, 0.2) is 11.5 Å². The predicted octanol–water partition coefficient (Wildman–Crippen LogP) is 3.94. The molecule has 1 atom stereocenters. The number of aromatic nitrogens is 1. The van der Waals surface area contributed by atoms with Crippen LogP contribution in [0.1, 0.15) is 29.8 Å². The third kappa shape index (κ3) is 6.05. The van der Waals surface area contributed by atoms with Crippen molar-refractivity contribution in [2.75, 3.05) is 12.4 Å². The summed E-state index contributed by atoms with van der Waals surface area (Å²) in [6.07, 6.45) is 3.55. The zero-order valence-corrected chi connectivity index (χ0v) is 17.6. The van der Waals surface area contributed by atoms with Gasteiger partial charge in [0.05, 0.1) is 19.6 Å². The third-order valence-corrected chi connectivity index (χ3v) is 5.20. The first-order chi connectivity index (χ1) is 14.5. The number of anilines is 1. The molecule has 2 amide bonds. The highest BCUT2D eigenvalue weighted by Crippen LogP contribution is 2.31. The molecule has 8 heteroatoms. The number of hydrogen-bond acceptors (Lipinski definition) is 6. The average molecular weight is 426 g/mol. The van der Waals surface area contributed by atoms with Gasteiger partial charge >= 0.3 is 0 Å². The molecule has 0 aliphatic rings. The van der Waals surface area contributed by atoms with E-state index in [-0.39, 0.29) is 24.3 Å². The van der Waals surface area contributed by atoms with Crippen LogP contribution in [-0.4, -0.2) is 23.9 Å². The van der Waals surface area contributed by atoms with Crippen LogP contribution in [0.3, 0.4) is 0 Å². The van der Waals surface area contributed by atoms with Crippen LogP contribution in [0.4, 0.5) is 5.69 Å². The van der Waals surface area contributed by atoms with Crippen LogP contribution in [0.15, 0.2) is 60.2 Å². The van der Waals surface area contributed by atoms with Crippen molar-refractivity contribution in [1.82, 2.24) is 10.3 Å². The Morgan fingerprint density at radius 3 is 2.70 bits per heavy atom. The Balaban J connectivity index is 1.67. The van der Waals surface area contributed by atoms with Crippen molar-refractivity contribution in [2.24, 2.45) is 0 Å². The zero-order chi connectivity index (χ0) is 21.3. The molecule has 0 spiro atoms. The minimum Gasteiger partial charge on any atom is -0.493 e. The van der Waals surface area contributed by atoms with Crippen LogP contribution < -0.4 is 20.1 Å². The van der Waals surface area contributed by atoms with E-state index in [1.165, 1.54) is 18.3 Å². The normalized spacial score (nSPS) is 11.4. The number of nitrogens with zero attached hydrogens (tertiary/aromatic N) is 1. The van der Waals surface area contributed by atoms with Gasteiger partial charge in [-0.05, 0) is 29.6 Å². The van der Waals surface area contributed by atoms with Crippen LogP contribution in [-0.2, 0) is 16.2 Å². The van der Waals surface area contributed by atoms with Crippen LogP contribution in [0.5, 0.6) is 11.5 Å². The predicted molar refractivity (Wildman–Crippen MR) is 116 cm³/mol. The lowest BCUT2D eigenvalue weighted by Crippen LogP contribution is -2.29. The monoisotopic (exact) mass is 425 g/mol. The molecule has 7 nitrogen and oxygen atoms in total. The molecule has 1 aromatic carbocycles. The van der Waals surface area contributed by atoms with E-state index < -0.39 is 0 Å². The summed E-state index contributed by atoms with van der Waals surface area (Å²) < 4.78 is 11.2. The molecular formula is C22H23N3O4S. The summed E-state index contributed by atoms with van der Waals surface area (Å²) in [6.45, 7) is 1.76. The highest BCUT2D eigenvalue weighted by atomic mass is 32.1. The number of methoxy groups -OCH3 is 1. The summed E-state index contributed by atoms with van der Waals surface area (Å²) in [5.74, 6) is 0.671. The fraction of sp³-hybridized carbons (Fsp3) is 0.227. The van der Waals surface area contributed by atoms with E-state index in [1.807, 2.05) is 29.6 Å². The SMILES string of the molecule is COc1ccc(NC(=O)CC(NC(C)=O)c2cccs2)cc1OCc1cccnc1. The lowest BCUT2D eigenvalue weighted by atomic mass is 10.1. The molecule has 3 aromatic rings. The van der Waals surface area contributed by atoms with Crippen molar-refractivity contribution in [2.45, 2.75) is 26.0 Å². The molecule has 156 valence electrons. The largest absolute Gasteiger partial charge is 0.493 e. The van der Waals surface area contributed by atoms with E-state index in [0.717, 1.165) is 10.4 Å². The second-order valence-electron chi connectivity index (χ2n) is 6.54. The number of hydrogen-bond donors (Lipinski definition) is 2. The Morgan fingerprint density at radius 1 is 1.17 bits per heavy atom. The number of nitrogens with one attached hydrogen (secondary N) is 2. The second kappa shape index (κ2) is 10.4. The molecule has 0 aliphatic heterocycles. The standard InChI is InChI=1S/C22H23N3O4S/c1-15(26)24-18(21-6-4-10-30-21)12-22(27)25-17-7-8-19(28-2)20(11-17)29-14-16-5-3-9-23-13-16/h3-11,13,18H,12,14H2,1-2H3,(H,24,26)(H,25,27). The van der Waals surface area contributed by atoms with Crippen molar-refractivity contribution >= 4 is 28.8 Å². The Kier molecular flexibility index (Phi) is 7.40. The molecule has 0 radical (unpaired) electrons. The summed E-state index contributed by atoms with van der Waals surface area (Å²) in [6, 6.07) is 12.4. The summed E-state index contributed by atoms with van der Waals surface area (Å²) in [7, 11) is 1.56. The van der Waals surface area contributed by atoms with Crippen molar-refractivity contribution in [3.63, 3.8) is 0 Å². The summed E-state index contributed by atoms with van der Waals surface area (Å²) in [4.78, 5) is 29.1. The zero-order valence-electron chi connectivity index (χ0n) is 16.8. The molecule has 30 heavy (non-hydrogen) atoms. The number of ether oxygens (including phenoxy) is 2. The van der Waals surface area contributed by atoms with E-state index in [2.05, 4.69) is 15.6 Å². The van der Waals surface area contributed by atoms with E-state index >= 15 is 0 Å². The highest BCUT2D eigenvalue weighted by molar-refractivity contribution is 7.10. The fourth-order valence-corrected chi connectivity index (χ4v) is 3.64. The van der Waals surface area contributed by atoms with Crippen molar-refractivity contribution in [3.05, 3.63) is 70.7 Å². The summed E-state index contributed by atoms with van der Waals surface area (Å²) >= 11 is 1.50. The number of thiophene rings is 1. The molecule has 2 aromatic heterocycles. The minimum absolute atomic E-state index is 0.123. The van der Waals surface area contributed by atoms with Crippen molar-refractivity contribution < 1.29 is 19.1 Å². The molecule has 2 N–H and O–H groups in total. The fourth-order valence-electron chi connectivity index (χ4n) is 2.87. The molecule has 2 heterocycles. The van der Waals surface area contributed by atoms with Gasteiger partial charge in [0.2, 0.25) is 11.8 Å². The van der Waals surface area contributed by atoms with Crippen LogP contribution >= 0.6 is 11.3 Å². The molecule has 0 saturated carbocycles. The number of benzene rings is 1. The van der Waals surface area contributed by atoms with Gasteiger partial charge < -0.3 is 20.1 Å². The quantitative estimate of drug-likeness (QED) is 0.542. The number of pyridine rings is 1. The van der Waals surface area contributed by atoms with E-state index in [4.69, 9.17) is 9.47 Å². The first-order valence-corrected chi connectivity index (χ1v) is 10.2. The number of amides is 2. The Labute approximate surface area is 179 Å². The van der Waals surface area contributed by atoms with Gasteiger partial charge in [-0.15, -0.1) is 11.3 Å². The maximum atomic E-state index is 12.6. The molecule has 0 bridgehead atoms. The summed E-state index contributed by atoms with van der Waals surface area (Å²) in [5.41, 5.74) is 1.50. The van der Waals surface area contributed by atoms with Gasteiger partial charge in [-0.2, -0.15) is 0 Å². The van der Waals surface area contributed by atoms with Crippen molar-refractivity contribution in [1.29, 1.82) is 0 Å². The van der Waals surface area contributed by atoms with Crippen LogP contribution in [0, 0.1) is 0 Å². The third-order valence-electron chi connectivity index (χ3n) is 4.22. The lowest BCUT2D eigenvalue weighted by Gasteiger charge is -2.17. The molecule has 0 saturated heterocycles. The first-order valence-electron chi connectivity index (χ1n) is 9.35. The molecule has 0 aliphatic carbocycles. The van der Waals surface area contributed by atoms with Gasteiger partial charge in [0.1, 0.15) is 6.61 Å². The van der Waals surface area contributed by atoms with Crippen LogP contribution in [0.2, 0.25) is 0 Å². The Hall–Kier alpha value is -3.39. The van der Waals surface area contributed by atoms with Gasteiger partial charge in [-0.3, -0.25) is 14.6 Å². The second-order valence-corrected chi connectivity index (χ2v) is 7.52. The summed E-state index contributed by atoms with van der Waals surface area (Å²) in [5, 5.41) is 7.61.